The Kier molecular flexibility index (Phi) is 4.81. The third kappa shape index (κ3) is 3.52. The van der Waals surface area contributed by atoms with Gasteiger partial charge in [0, 0.05) is 18.4 Å². The fourth-order valence-corrected chi connectivity index (χ4v) is 2.31. The average Bonchev–Trinajstić information content (AvgIpc) is 2.90. The van der Waals surface area contributed by atoms with Crippen molar-refractivity contribution >= 4 is 5.91 Å². The lowest BCUT2D eigenvalue weighted by molar-refractivity contribution is 0.0634. The van der Waals surface area contributed by atoms with E-state index in [-0.39, 0.29) is 5.91 Å². The van der Waals surface area contributed by atoms with E-state index in [1.54, 1.807) is 17.2 Å². The van der Waals surface area contributed by atoms with Gasteiger partial charge in [0.05, 0.1) is 18.2 Å². The molecule has 112 valence electrons. The molecule has 1 unspecified atom stereocenters. The molecule has 21 heavy (non-hydrogen) atoms. The lowest BCUT2D eigenvalue weighted by atomic mass is 10.1. The number of aryl methyl sites for hydroxylation is 2. The molecule has 2 N–H and O–H groups in total. The first-order valence-corrected chi connectivity index (χ1v) is 7.20. The zero-order valence-corrected chi connectivity index (χ0v) is 12.8. The first-order valence-electron chi connectivity index (χ1n) is 7.20. The van der Waals surface area contributed by atoms with Gasteiger partial charge < -0.3 is 15.0 Å². The first-order chi connectivity index (χ1) is 10.0. The number of amides is 1. The van der Waals surface area contributed by atoms with Crippen LogP contribution in [0, 0.1) is 13.8 Å². The van der Waals surface area contributed by atoms with Gasteiger partial charge in [0.15, 0.2) is 0 Å². The highest BCUT2D eigenvalue weighted by molar-refractivity contribution is 5.95. The molecule has 4 nitrogen and oxygen atoms in total. The number of likely N-dealkylation sites (N-methyl/N-ethyl adjacent to an activating group) is 1. The Bertz CT molecular complexity index is 602. The Balaban J connectivity index is 2.10. The molecule has 1 heterocycles. The summed E-state index contributed by atoms with van der Waals surface area (Å²) in [5.74, 6) is -0.0533. The fourth-order valence-electron chi connectivity index (χ4n) is 2.31. The highest BCUT2D eigenvalue weighted by Crippen LogP contribution is 2.17. The van der Waals surface area contributed by atoms with Crippen molar-refractivity contribution in [1.82, 2.24) is 9.88 Å². The van der Waals surface area contributed by atoms with Gasteiger partial charge in [0.1, 0.15) is 0 Å². The summed E-state index contributed by atoms with van der Waals surface area (Å²) in [4.78, 5) is 17.2. The Morgan fingerprint density at radius 2 is 1.90 bits per heavy atom. The second kappa shape index (κ2) is 6.59. The van der Waals surface area contributed by atoms with E-state index in [1.807, 2.05) is 45.0 Å². The van der Waals surface area contributed by atoms with Crippen molar-refractivity contribution in [2.45, 2.75) is 26.9 Å². The number of H-pyrrole nitrogens is 1. The van der Waals surface area contributed by atoms with Crippen LogP contribution in [-0.4, -0.2) is 34.0 Å². The molecule has 1 atom stereocenters. The third-order valence-corrected chi connectivity index (χ3v) is 3.71. The van der Waals surface area contributed by atoms with Gasteiger partial charge in [-0.15, -0.1) is 0 Å². The summed E-state index contributed by atoms with van der Waals surface area (Å²) in [5.41, 5.74) is 3.49. The molecule has 0 aliphatic carbocycles. The minimum absolute atomic E-state index is 0.0533. The predicted octanol–water partition coefficient (Wildman–Crippen LogP) is 2.83. The van der Waals surface area contributed by atoms with E-state index >= 15 is 0 Å². The summed E-state index contributed by atoms with van der Waals surface area (Å²) >= 11 is 0. The van der Waals surface area contributed by atoms with Crippen molar-refractivity contribution in [2.24, 2.45) is 0 Å². The van der Waals surface area contributed by atoms with E-state index in [0.717, 1.165) is 16.8 Å². The van der Waals surface area contributed by atoms with Crippen LogP contribution in [0.4, 0.5) is 0 Å². The first kappa shape index (κ1) is 15.3. The second-order valence-electron chi connectivity index (χ2n) is 5.29. The number of benzene rings is 1. The van der Waals surface area contributed by atoms with E-state index in [9.17, 15) is 9.90 Å². The van der Waals surface area contributed by atoms with Gasteiger partial charge in [-0.25, -0.2) is 0 Å². The average molecular weight is 286 g/mol. The highest BCUT2D eigenvalue weighted by Gasteiger charge is 2.20. The Labute approximate surface area is 125 Å². The Morgan fingerprint density at radius 3 is 2.43 bits per heavy atom. The van der Waals surface area contributed by atoms with Crippen LogP contribution in [0.3, 0.4) is 0 Å². The monoisotopic (exact) mass is 286 g/mol. The standard InChI is InChI=1S/C17H22N2O2/c1-4-19(17(21)15-9-10-18-13(15)3)11-16(20)14-7-5-12(2)6-8-14/h5-10,16,18,20H,4,11H2,1-3H3. The van der Waals surface area contributed by atoms with Crippen molar-refractivity contribution in [3.05, 3.63) is 58.9 Å². The number of aliphatic hydroxyl groups excluding tert-OH is 1. The Morgan fingerprint density at radius 1 is 1.24 bits per heavy atom. The van der Waals surface area contributed by atoms with E-state index in [2.05, 4.69) is 4.98 Å². The Hall–Kier alpha value is -2.07. The lowest BCUT2D eigenvalue weighted by Crippen LogP contribution is -2.34. The van der Waals surface area contributed by atoms with Crippen LogP contribution in [0.1, 0.15) is 40.2 Å². The molecule has 0 saturated carbocycles. The van der Waals surface area contributed by atoms with E-state index in [1.165, 1.54) is 0 Å². The number of hydrogen-bond acceptors (Lipinski definition) is 2. The smallest absolute Gasteiger partial charge is 0.255 e. The number of aromatic amines is 1. The number of rotatable bonds is 5. The van der Waals surface area contributed by atoms with Crippen LogP contribution in [0.2, 0.25) is 0 Å². The molecule has 2 rings (SSSR count). The minimum Gasteiger partial charge on any atom is -0.387 e. The van der Waals surface area contributed by atoms with Crippen molar-refractivity contribution in [3.63, 3.8) is 0 Å². The molecule has 0 saturated heterocycles. The molecule has 0 aliphatic heterocycles. The normalized spacial score (nSPS) is 12.2. The van der Waals surface area contributed by atoms with Gasteiger partial charge in [-0.3, -0.25) is 4.79 Å². The summed E-state index contributed by atoms with van der Waals surface area (Å²) in [6.45, 7) is 6.65. The van der Waals surface area contributed by atoms with Crippen molar-refractivity contribution in [3.8, 4) is 0 Å². The molecule has 1 aromatic heterocycles. The second-order valence-corrected chi connectivity index (χ2v) is 5.29. The molecule has 0 spiro atoms. The maximum Gasteiger partial charge on any atom is 0.255 e. The summed E-state index contributed by atoms with van der Waals surface area (Å²) in [5, 5.41) is 10.3. The van der Waals surface area contributed by atoms with E-state index in [4.69, 9.17) is 0 Å². The van der Waals surface area contributed by atoms with Gasteiger partial charge in [0.25, 0.3) is 5.91 Å². The summed E-state index contributed by atoms with van der Waals surface area (Å²) < 4.78 is 0. The summed E-state index contributed by atoms with van der Waals surface area (Å²) in [6.07, 6.45) is 1.08. The molecule has 0 aliphatic rings. The van der Waals surface area contributed by atoms with Crippen molar-refractivity contribution in [1.29, 1.82) is 0 Å². The topological polar surface area (TPSA) is 56.3 Å². The number of aliphatic hydroxyl groups is 1. The molecule has 2 aromatic rings. The number of nitrogens with zero attached hydrogens (tertiary/aromatic N) is 1. The lowest BCUT2D eigenvalue weighted by Gasteiger charge is -2.24. The maximum atomic E-state index is 12.5. The van der Waals surface area contributed by atoms with E-state index in [0.29, 0.717) is 18.7 Å². The predicted molar refractivity (Wildman–Crippen MR) is 83.2 cm³/mol. The number of aromatic nitrogens is 1. The molecular weight excluding hydrogens is 264 g/mol. The third-order valence-electron chi connectivity index (χ3n) is 3.71. The molecule has 1 amide bonds. The maximum absolute atomic E-state index is 12.5. The summed E-state index contributed by atoms with van der Waals surface area (Å²) in [7, 11) is 0. The highest BCUT2D eigenvalue weighted by atomic mass is 16.3. The van der Waals surface area contributed by atoms with Gasteiger partial charge in [0.2, 0.25) is 0 Å². The molecule has 0 bridgehead atoms. The number of carbonyl (C=O) groups is 1. The van der Waals surface area contributed by atoms with Crippen LogP contribution in [0.15, 0.2) is 36.5 Å². The van der Waals surface area contributed by atoms with Gasteiger partial charge >= 0.3 is 0 Å². The number of nitrogens with one attached hydrogen (secondary N) is 1. The molecular formula is C17H22N2O2. The van der Waals surface area contributed by atoms with Gasteiger partial charge in [-0.1, -0.05) is 29.8 Å². The zero-order valence-electron chi connectivity index (χ0n) is 12.8. The zero-order chi connectivity index (χ0) is 15.4. The fraction of sp³-hybridized carbons (Fsp3) is 0.353. The molecule has 0 fully saturated rings. The number of hydrogen-bond donors (Lipinski definition) is 2. The molecule has 0 radical (unpaired) electrons. The van der Waals surface area contributed by atoms with Gasteiger partial charge in [-0.2, -0.15) is 0 Å². The minimum atomic E-state index is -0.672. The van der Waals surface area contributed by atoms with Crippen LogP contribution < -0.4 is 0 Å². The van der Waals surface area contributed by atoms with Crippen LogP contribution >= 0.6 is 0 Å². The summed E-state index contributed by atoms with van der Waals surface area (Å²) in [6, 6.07) is 9.51. The van der Waals surface area contributed by atoms with E-state index < -0.39 is 6.10 Å². The van der Waals surface area contributed by atoms with Crippen molar-refractivity contribution in [2.75, 3.05) is 13.1 Å². The molecule has 4 heteroatoms. The van der Waals surface area contributed by atoms with Crippen LogP contribution in [0.25, 0.3) is 0 Å². The SMILES string of the molecule is CCN(CC(O)c1ccc(C)cc1)C(=O)c1cc[nH]c1C. The van der Waals surface area contributed by atoms with Gasteiger partial charge in [-0.05, 0) is 32.4 Å². The van der Waals surface area contributed by atoms with Crippen LogP contribution in [0.5, 0.6) is 0 Å². The van der Waals surface area contributed by atoms with Crippen LogP contribution in [-0.2, 0) is 0 Å². The largest absolute Gasteiger partial charge is 0.387 e. The quantitative estimate of drug-likeness (QED) is 0.888. The molecule has 1 aromatic carbocycles. The van der Waals surface area contributed by atoms with Crippen molar-refractivity contribution < 1.29 is 9.90 Å². The number of carbonyl (C=O) groups excluding carboxylic acids is 1.